The molecule has 0 aliphatic rings. The van der Waals surface area contributed by atoms with Crippen molar-refractivity contribution >= 4 is 5.69 Å². The van der Waals surface area contributed by atoms with E-state index in [-0.39, 0.29) is 17.4 Å². The first-order valence-electron chi connectivity index (χ1n) is 5.60. The molecular weight excluding hydrogens is 264 g/mol. The SMILES string of the molecule is Cc1ccc([N+](=O)[O-])cc1-c1nc(-c2ncn[nH]2)no1. The normalized spacial score (nSPS) is 10.7. The Morgan fingerprint density at radius 2 is 2.25 bits per heavy atom. The summed E-state index contributed by atoms with van der Waals surface area (Å²) in [5, 5.41) is 20.9. The van der Waals surface area contributed by atoms with Crippen LogP contribution in [-0.2, 0) is 0 Å². The molecule has 0 aliphatic heterocycles. The van der Waals surface area contributed by atoms with Crippen molar-refractivity contribution in [2.75, 3.05) is 0 Å². The fourth-order valence-corrected chi connectivity index (χ4v) is 1.70. The second kappa shape index (κ2) is 4.53. The summed E-state index contributed by atoms with van der Waals surface area (Å²) in [7, 11) is 0. The highest BCUT2D eigenvalue weighted by Gasteiger charge is 2.17. The van der Waals surface area contributed by atoms with Crippen molar-refractivity contribution in [3.05, 3.63) is 40.2 Å². The molecule has 100 valence electrons. The van der Waals surface area contributed by atoms with Crippen molar-refractivity contribution in [2.24, 2.45) is 0 Å². The quantitative estimate of drug-likeness (QED) is 0.568. The maximum absolute atomic E-state index is 10.8. The van der Waals surface area contributed by atoms with Gasteiger partial charge in [0.2, 0.25) is 5.82 Å². The molecule has 1 aromatic carbocycles. The van der Waals surface area contributed by atoms with Gasteiger partial charge in [0.15, 0.2) is 5.82 Å². The molecule has 1 N–H and O–H groups in total. The van der Waals surface area contributed by atoms with Gasteiger partial charge in [-0.25, -0.2) is 4.98 Å². The number of benzene rings is 1. The molecule has 0 unspecified atom stereocenters. The summed E-state index contributed by atoms with van der Waals surface area (Å²) in [5.41, 5.74) is 1.27. The molecule has 0 saturated heterocycles. The Morgan fingerprint density at radius 3 is 2.95 bits per heavy atom. The Kier molecular flexibility index (Phi) is 2.71. The van der Waals surface area contributed by atoms with Gasteiger partial charge < -0.3 is 4.52 Å². The number of hydrogen-bond donors (Lipinski definition) is 1. The molecule has 0 spiro atoms. The van der Waals surface area contributed by atoms with E-state index in [9.17, 15) is 10.1 Å². The summed E-state index contributed by atoms with van der Waals surface area (Å²) in [6.45, 7) is 1.80. The van der Waals surface area contributed by atoms with Crippen molar-refractivity contribution in [3.8, 4) is 23.1 Å². The molecule has 0 amide bonds. The number of nitro benzene ring substituents is 1. The van der Waals surface area contributed by atoms with E-state index in [1.165, 1.54) is 18.5 Å². The van der Waals surface area contributed by atoms with Crippen LogP contribution < -0.4 is 0 Å². The molecule has 0 radical (unpaired) electrons. The van der Waals surface area contributed by atoms with Crippen LogP contribution >= 0.6 is 0 Å². The summed E-state index contributed by atoms with van der Waals surface area (Å²) < 4.78 is 5.12. The van der Waals surface area contributed by atoms with E-state index in [1.807, 2.05) is 0 Å². The largest absolute Gasteiger partial charge is 0.333 e. The minimum atomic E-state index is -0.476. The number of nitro groups is 1. The van der Waals surface area contributed by atoms with Crippen molar-refractivity contribution in [2.45, 2.75) is 6.92 Å². The van der Waals surface area contributed by atoms with Gasteiger partial charge in [-0.2, -0.15) is 10.1 Å². The Morgan fingerprint density at radius 1 is 1.40 bits per heavy atom. The van der Waals surface area contributed by atoms with Crippen LogP contribution in [0.4, 0.5) is 5.69 Å². The monoisotopic (exact) mass is 272 g/mol. The minimum Gasteiger partial charge on any atom is -0.333 e. The average Bonchev–Trinajstić information content (AvgIpc) is 3.10. The van der Waals surface area contributed by atoms with Gasteiger partial charge in [-0.15, -0.1) is 0 Å². The molecular formula is C11H8N6O3. The summed E-state index contributed by atoms with van der Waals surface area (Å²) in [6, 6.07) is 4.45. The Bertz CT molecular complexity index is 764. The molecule has 2 aromatic heterocycles. The van der Waals surface area contributed by atoms with Crippen LogP contribution in [0.5, 0.6) is 0 Å². The highest BCUT2D eigenvalue weighted by atomic mass is 16.6. The van der Waals surface area contributed by atoms with Crippen LogP contribution in [0.15, 0.2) is 29.0 Å². The Balaban J connectivity index is 2.05. The summed E-state index contributed by atoms with van der Waals surface area (Å²) >= 11 is 0. The first-order valence-corrected chi connectivity index (χ1v) is 5.60. The predicted molar refractivity (Wildman–Crippen MR) is 66.5 cm³/mol. The molecule has 0 aliphatic carbocycles. The van der Waals surface area contributed by atoms with E-state index in [2.05, 4.69) is 25.3 Å². The average molecular weight is 272 g/mol. The zero-order chi connectivity index (χ0) is 14.1. The molecule has 9 heteroatoms. The fourth-order valence-electron chi connectivity index (χ4n) is 1.70. The lowest BCUT2D eigenvalue weighted by atomic mass is 10.1. The number of nitrogens with zero attached hydrogens (tertiary/aromatic N) is 5. The van der Waals surface area contributed by atoms with Gasteiger partial charge in [-0.1, -0.05) is 11.2 Å². The van der Waals surface area contributed by atoms with Crippen LogP contribution in [-0.4, -0.2) is 30.2 Å². The molecule has 2 heterocycles. The van der Waals surface area contributed by atoms with Crippen LogP contribution in [0.3, 0.4) is 0 Å². The van der Waals surface area contributed by atoms with Crippen molar-refractivity contribution in [1.29, 1.82) is 0 Å². The van der Waals surface area contributed by atoms with Crippen LogP contribution in [0, 0.1) is 17.0 Å². The molecule has 0 saturated carbocycles. The van der Waals surface area contributed by atoms with Gasteiger partial charge in [-0.05, 0) is 12.5 Å². The maximum Gasteiger partial charge on any atom is 0.270 e. The lowest BCUT2D eigenvalue weighted by Gasteiger charge is -1.99. The van der Waals surface area contributed by atoms with Crippen LogP contribution in [0.2, 0.25) is 0 Å². The topological polar surface area (TPSA) is 124 Å². The van der Waals surface area contributed by atoms with Gasteiger partial charge in [0.05, 0.1) is 4.92 Å². The number of aryl methyl sites for hydroxylation is 1. The van der Waals surface area contributed by atoms with E-state index >= 15 is 0 Å². The summed E-state index contributed by atoms with van der Waals surface area (Å²) in [6.07, 6.45) is 1.32. The Hall–Kier alpha value is -3.10. The molecule has 9 nitrogen and oxygen atoms in total. The Labute approximate surface area is 111 Å². The maximum atomic E-state index is 10.8. The highest BCUT2D eigenvalue weighted by molar-refractivity contribution is 5.63. The molecule has 0 bridgehead atoms. The van der Waals surface area contributed by atoms with Gasteiger partial charge in [0.25, 0.3) is 11.6 Å². The molecule has 3 rings (SSSR count). The lowest BCUT2D eigenvalue weighted by Crippen LogP contribution is -1.91. The fraction of sp³-hybridized carbons (Fsp3) is 0.0909. The smallest absolute Gasteiger partial charge is 0.270 e. The summed E-state index contributed by atoms with van der Waals surface area (Å²) in [5.74, 6) is 0.795. The number of non-ortho nitro benzene ring substituents is 1. The van der Waals surface area contributed by atoms with Gasteiger partial charge in [-0.3, -0.25) is 15.2 Å². The standard InChI is InChI=1S/C11H8N6O3/c1-6-2-3-7(17(18)19)4-8(6)11-14-10(16-20-11)9-12-5-13-15-9/h2-5H,1H3,(H,12,13,15). The van der Waals surface area contributed by atoms with E-state index in [0.29, 0.717) is 11.4 Å². The first-order chi connectivity index (χ1) is 9.65. The van der Waals surface area contributed by atoms with E-state index < -0.39 is 4.92 Å². The number of nitrogens with one attached hydrogen (secondary N) is 1. The lowest BCUT2D eigenvalue weighted by molar-refractivity contribution is -0.384. The third-order valence-corrected chi connectivity index (χ3v) is 2.72. The molecule has 20 heavy (non-hydrogen) atoms. The number of rotatable bonds is 3. The van der Waals surface area contributed by atoms with Gasteiger partial charge in [0, 0.05) is 17.7 Å². The van der Waals surface area contributed by atoms with Gasteiger partial charge in [0.1, 0.15) is 6.33 Å². The minimum absolute atomic E-state index is 0.0370. The molecule has 3 aromatic rings. The van der Waals surface area contributed by atoms with Crippen molar-refractivity contribution < 1.29 is 9.45 Å². The van der Waals surface area contributed by atoms with E-state index in [4.69, 9.17) is 4.52 Å². The number of hydrogen-bond acceptors (Lipinski definition) is 7. The van der Waals surface area contributed by atoms with Crippen molar-refractivity contribution in [3.63, 3.8) is 0 Å². The van der Waals surface area contributed by atoms with Crippen molar-refractivity contribution in [1.82, 2.24) is 25.3 Å². The zero-order valence-electron chi connectivity index (χ0n) is 10.3. The second-order valence-corrected chi connectivity index (χ2v) is 4.01. The van der Waals surface area contributed by atoms with Gasteiger partial charge >= 0.3 is 0 Å². The number of aromatic nitrogens is 5. The van der Waals surface area contributed by atoms with Crippen LogP contribution in [0.1, 0.15) is 5.56 Å². The van der Waals surface area contributed by atoms with E-state index in [0.717, 1.165) is 5.56 Å². The zero-order valence-corrected chi connectivity index (χ0v) is 10.3. The highest BCUT2D eigenvalue weighted by Crippen LogP contribution is 2.27. The second-order valence-electron chi connectivity index (χ2n) is 4.01. The first kappa shape index (κ1) is 12.0. The van der Waals surface area contributed by atoms with E-state index in [1.54, 1.807) is 13.0 Å². The number of H-pyrrole nitrogens is 1. The summed E-state index contributed by atoms with van der Waals surface area (Å²) in [4.78, 5) is 18.4. The molecule has 0 fully saturated rings. The third-order valence-electron chi connectivity index (χ3n) is 2.72. The molecule has 0 atom stereocenters. The third kappa shape index (κ3) is 2.00. The predicted octanol–water partition coefficient (Wildman–Crippen LogP) is 1.74. The number of aromatic amines is 1. The van der Waals surface area contributed by atoms with Crippen LogP contribution in [0.25, 0.3) is 23.1 Å².